The van der Waals surface area contributed by atoms with Crippen LogP contribution in [0.15, 0.2) is 63.5 Å². The maximum atomic E-state index is 12.5. The van der Waals surface area contributed by atoms with E-state index < -0.39 is 27.1 Å². The SMILES string of the molecule is O=C(NC(=S)Nc1ccc2oc(-c3ccc(O)c(Br)c3)nc2c1)c1cc([N+](=O)[O-])cc([N+](=O)[O-])c1. The molecule has 14 heteroatoms. The van der Waals surface area contributed by atoms with Crippen LogP contribution in [0.1, 0.15) is 10.4 Å². The Kier molecular flexibility index (Phi) is 6.40. The summed E-state index contributed by atoms with van der Waals surface area (Å²) in [7, 11) is 0. The van der Waals surface area contributed by atoms with Crippen LogP contribution >= 0.6 is 28.1 Å². The van der Waals surface area contributed by atoms with Crippen LogP contribution < -0.4 is 10.6 Å². The first kappa shape index (κ1) is 23.7. The minimum Gasteiger partial charge on any atom is -0.507 e. The molecule has 0 radical (unpaired) electrons. The number of aromatic nitrogens is 1. The van der Waals surface area contributed by atoms with Crippen LogP contribution in [0.3, 0.4) is 0 Å². The lowest BCUT2D eigenvalue weighted by atomic mass is 10.1. The Balaban J connectivity index is 1.51. The van der Waals surface area contributed by atoms with Gasteiger partial charge in [0.1, 0.15) is 11.3 Å². The number of fused-ring (bicyclic) bond motifs is 1. The molecule has 176 valence electrons. The number of carbonyl (C=O) groups is 1. The van der Waals surface area contributed by atoms with Crippen molar-refractivity contribution < 1.29 is 24.2 Å². The minimum absolute atomic E-state index is 0.0756. The Hall–Kier alpha value is -4.43. The second-order valence-corrected chi connectivity index (χ2v) is 8.29. The predicted octanol–water partition coefficient (Wildman–Crippen LogP) is 4.91. The van der Waals surface area contributed by atoms with Crippen LogP contribution in [0.5, 0.6) is 5.75 Å². The zero-order chi connectivity index (χ0) is 25.3. The second kappa shape index (κ2) is 9.44. The molecule has 35 heavy (non-hydrogen) atoms. The molecule has 0 aliphatic rings. The first-order valence-corrected chi connectivity index (χ1v) is 10.8. The van der Waals surface area contributed by atoms with Crippen LogP contribution in [0.25, 0.3) is 22.6 Å². The third kappa shape index (κ3) is 5.23. The van der Waals surface area contributed by atoms with Gasteiger partial charge in [0.2, 0.25) is 5.89 Å². The Morgan fingerprint density at radius 3 is 2.34 bits per heavy atom. The molecule has 4 aromatic rings. The number of nitrogens with one attached hydrogen (secondary N) is 2. The number of phenols is 1. The van der Waals surface area contributed by atoms with Gasteiger partial charge >= 0.3 is 0 Å². The fourth-order valence-corrected chi connectivity index (χ4v) is 3.63. The van der Waals surface area contributed by atoms with Crippen LogP contribution in [0.4, 0.5) is 17.1 Å². The number of nitrogens with zero attached hydrogens (tertiary/aromatic N) is 3. The minimum atomic E-state index is -0.864. The predicted molar refractivity (Wildman–Crippen MR) is 132 cm³/mol. The third-order valence-electron chi connectivity index (χ3n) is 4.65. The van der Waals surface area contributed by atoms with Crippen molar-refractivity contribution in [2.75, 3.05) is 5.32 Å². The molecule has 0 atom stereocenters. The first-order valence-electron chi connectivity index (χ1n) is 9.56. The van der Waals surface area contributed by atoms with E-state index in [0.717, 1.165) is 18.2 Å². The van der Waals surface area contributed by atoms with E-state index in [0.29, 0.717) is 32.7 Å². The molecule has 1 aromatic heterocycles. The van der Waals surface area contributed by atoms with Gasteiger partial charge in [-0.1, -0.05) is 0 Å². The second-order valence-electron chi connectivity index (χ2n) is 7.03. The molecule has 0 saturated carbocycles. The number of aromatic hydroxyl groups is 1. The third-order valence-corrected chi connectivity index (χ3v) is 5.49. The molecule has 0 spiro atoms. The number of halogens is 1. The van der Waals surface area contributed by atoms with Gasteiger partial charge in [-0.05, 0) is 64.5 Å². The van der Waals surface area contributed by atoms with Crippen molar-refractivity contribution in [1.29, 1.82) is 0 Å². The molecule has 0 saturated heterocycles. The fraction of sp³-hybridized carbons (Fsp3) is 0. The van der Waals surface area contributed by atoms with Crippen LogP contribution in [-0.2, 0) is 0 Å². The number of benzene rings is 3. The summed E-state index contributed by atoms with van der Waals surface area (Å²) >= 11 is 8.37. The standard InChI is InChI=1S/C21H12BrN5O7S/c22-15-7-10(1-3-17(15)28)20-24-16-8-12(2-4-18(16)34-20)23-21(35)25-19(29)11-5-13(26(30)31)9-14(6-11)27(32)33/h1-9,28H,(H2,23,25,29,35). The average Bonchev–Trinajstić information content (AvgIpc) is 3.23. The van der Waals surface area contributed by atoms with E-state index in [2.05, 4.69) is 31.5 Å². The molecular weight excluding hydrogens is 546 g/mol. The van der Waals surface area contributed by atoms with E-state index in [9.17, 15) is 30.1 Å². The van der Waals surface area contributed by atoms with Crippen molar-refractivity contribution in [1.82, 2.24) is 10.3 Å². The van der Waals surface area contributed by atoms with Gasteiger partial charge in [-0.25, -0.2) is 4.98 Å². The number of anilines is 1. The summed E-state index contributed by atoms with van der Waals surface area (Å²) in [6, 6.07) is 12.3. The smallest absolute Gasteiger partial charge is 0.277 e. The van der Waals surface area contributed by atoms with Crippen molar-refractivity contribution in [3.8, 4) is 17.2 Å². The Labute approximate surface area is 209 Å². The fourth-order valence-electron chi connectivity index (χ4n) is 3.04. The van der Waals surface area contributed by atoms with Gasteiger partial charge in [-0.3, -0.25) is 30.3 Å². The number of non-ortho nitro benzene ring substituents is 2. The zero-order valence-corrected chi connectivity index (χ0v) is 19.6. The van der Waals surface area contributed by atoms with Gasteiger partial charge < -0.3 is 14.8 Å². The summed E-state index contributed by atoms with van der Waals surface area (Å²) in [5.41, 5.74) is 0.555. The first-order chi connectivity index (χ1) is 16.6. The van der Waals surface area contributed by atoms with Gasteiger partial charge in [-0.15, -0.1) is 0 Å². The molecule has 4 rings (SSSR count). The quantitative estimate of drug-likeness (QED) is 0.174. The van der Waals surface area contributed by atoms with Gasteiger partial charge in [0.15, 0.2) is 10.7 Å². The summed E-state index contributed by atoms with van der Waals surface area (Å²) in [6.07, 6.45) is 0. The van der Waals surface area contributed by atoms with Gasteiger partial charge in [-0.2, -0.15) is 0 Å². The number of rotatable bonds is 5. The number of hydrogen-bond acceptors (Lipinski definition) is 9. The van der Waals surface area contributed by atoms with Gasteiger partial charge in [0, 0.05) is 23.4 Å². The zero-order valence-electron chi connectivity index (χ0n) is 17.2. The highest BCUT2D eigenvalue weighted by Crippen LogP contribution is 2.31. The lowest BCUT2D eigenvalue weighted by Crippen LogP contribution is -2.34. The Morgan fingerprint density at radius 2 is 1.71 bits per heavy atom. The number of oxazole rings is 1. The number of nitro benzene ring substituents is 2. The summed E-state index contributed by atoms with van der Waals surface area (Å²) in [6.45, 7) is 0. The van der Waals surface area contributed by atoms with E-state index in [-0.39, 0.29) is 16.4 Å². The highest BCUT2D eigenvalue weighted by molar-refractivity contribution is 9.10. The number of nitro groups is 2. The van der Waals surface area contributed by atoms with E-state index >= 15 is 0 Å². The summed E-state index contributed by atoms with van der Waals surface area (Å²) in [4.78, 5) is 37.3. The van der Waals surface area contributed by atoms with Gasteiger partial charge in [0.25, 0.3) is 17.3 Å². The van der Waals surface area contributed by atoms with E-state index in [1.54, 1.807) is 30.3 Å². The Morgan fingerprint density at radius 1 is 1.03 bits per heavy atom. The molecule has 1 amide bonds. The average molecular weight is 558 g/mol. The molecule has 0 aliphatic carbocycles. The molecule has 1 heterocycles. The van der Waals surface area contributed by atoms with Crippen molar-refractivity contribution in [3.63, 3.8) is 0 Å². The van der Waals surface area contributed by atoms with Crippen LogP contribution in [-0.4, -0.2) is 31.0 Å². The maximum absolute atomic E-state index is 12.5. The lowest BCUT2D eigenvalue weighted by Gasteiger charge is -2.09. The highest BCUT2D eigenvalue weighted by Gasteiger charge is 2.20. The molecule has 0 unspecified atom stereocenters. The molecule has 0 bridgehead atoms. The lowest BCUT2D eigenvalue weighted by molar-refractivity contribution is -0.394. The van der Waals surface area contributed by atoms with Crippen molar-refractivity contribution in [2.45, 2.75) is 0 Å². The van der Waals surface area contributed by atoms with Crippen molar-refractivity contribution in [3.05, 3.63) is 84.9 Å². The monoisotopic (exact) mass is 557 g/mol. The van der Waals surface area contributed by atoms with E-state index in [4.69, 9.17) is 16.6 Å². The van der Waals surface area contributed by atoms with Gasteiger partial charge in [0.05, 0.1) is 25.9 Å². The van der Waals surface area contributed by atoms with Crippen molar-refractivity contribution >= 4 is 67.3 Å². The molecule has 3 N–H and O–H groups in total. The summed E-state index contributed by atoms with van der Waals surface area (Å²) in [5.74, 6) is -0.468. The molecule has 0 fully saturated rings. The summed E-state index contributed by atoms with van der Waals surface area (Å²) in [5, 5.41) is 36.7. The topological polar surface area (TPSA) is 174 Å². The van der Waals surface area contributed by atoms with E-state index in [1.165, 1.54) is 6.07 Å². The number of hydrogen-bond donors (Lipinski definition) is 3. The number of thiocarbonyl (C=S) groups is 1. The van der Waals surface area contributed by atoms with Crippen LogP contribution in [0.2, 0.25) is 0 Å². The molecule has 3 aromatic carbocycles. The highest BCUT2D eigenvalue weighted by atomic mass is 79.9. The number of carbonyl (C=O) groups excluding carboxylic acids is 1. The molecular formula is C21H12BrN5O7S. The number of phenolic OH excluding ortho intramolecular Hbond substituents is 1. The largest absolute Gasteiger partial charge is 0.507 e. The molecule has 0 aliphatic heterocycles. The Bertz CT molecular complexity index is 1510. The maximum Gasteiger partial charge on any atom is 0.277 e. The summed E-state index contributed by atoms with van der Waals surface area (Å²) < 4.78 is 6.22. The molecule has 12 nitrogen and oxygen atoms in total. The number of amides is 1. The van der Waals surface area contributed by atoms with Crippen molar-refractivity contribution in [2.24, 2.45) is 0 Å². The van der Waals surface area contributed by atoms with E-state index in [1.807, 2.05) is 0 Å². The van der Waals surface area contributed by atoms with Crippen LogP contribution in [0, 0.1) is 20.2 Å². The normalized spacial score (nSPS) is 10.7.